The second kappa shape index (κ2) is 9.69. The van der Waals surface area contributed by atoms with Crippen molar-refractivity contribution in [3.05, 3.63) is 72.6 Å². The standard InChI is InChI=1S/C21H15BrCl3F4NO/c22-15-7-11(3-4-13(15)20(31)30-5-1-2-6-30)18(26)10-14(21(27,28)29)12-8-16(23)19(25)17(24)9-12/h3-4,7-10,14H,1-2,5-6H2/b18-10-. The van der Waals surface area contributed by atoms with E-state index in [1.54, 1.807) is 4.90 Å². The van der Waals surface area contributed by atoms with Crippen molar-refractivity contribution in [1.29, 1.82) is 0 Å². The van der Waals surface area contributed by atoms with Crippen molar-refractivity contribution in [3.8, 4) is 0 Å². The first-order chi connectivity index (χ1) is 14.5. The molecule has 1 fully saturated rings. The van der Waals surface area contributed by atoms with Crippen LogP contribution in [0.1, 0.15) is 40.2 Å². The molecule has 1 saturated heterocycles. The smallest absolute Gasteiger partial charge is 0.339 e. The molecule has 0 bridgehead atoms. The summed E-state index contributed by atoms with van der Waals surface area (Å²) in [5.74, 6) is -3.62. The Bertz CT molecular complexity index is 1010. The van der Waals surface area contributed by atoms with Gasteiger partial charge in [0.25, 0.3) is 5.91 Å². The minimum absolute atomic E-state index is 0.0837. The molecule has 31 heavy (non-hydrogen) atoms. The van der Waals surface area contributed by atoms with Crippen molar-refractivity contribution < 1.29 is 22.4 Å². The minimum atomic E-state index is -4.80. The normalized spacial score (nSPS) is 16.0. The summed E-state index contributed by atoms with van der Waals surface area (Å²) in [5.41, 5.74) is -0.130. The molecule has 1 unspecified atom stereocenters. The van der Waals surface area contributed by atoms with Gasteiger partial charge in [0.15, 0.2) is 0 Å². The zero-order valence-electron chi connectivity index (χ0n) is 15.7. The van der Waals surface area contributed by atoms with E-state index >= 15 is 0 Å². The summed E-state index contributed by atoms with van der Waals surface area (Å²) < 4.78 is 56.2. The Kier molecular flexibility index (Phi) is 7.62. The average Bonchev–Trinajstić information content (AvgIpc) is 3.23. The Balaban J connectivity index is 1.95. The van der Waals surface area contributed by atoms with Crippen LogP contribution in [0.25, 0.3) is 5.83 Å². The van der Waals surface area contributed by atoms with E-state index in [2.05, 4.69) is 15.9 Å². The van der Waals surface area contributed by atoms with Gasteiger partial charge in [0.05, 0.1) is 20.6 Å². The number of amides is 1. The van der Waals surface area contributed by atoms with Gasteiger partial charge in [-0.05, 0) is 64.7 Å². The molecule has 0 saturated carbocycles. The molecule has 2 aromatic rings. The number of allylic oxidation sites excluding steroid dienone is 1. The van der Waals surface area contributed by atoms with E-state index in [0.717, 1.165) is 25.0 Å². The highest BCUT2D eigenvalue weighted by atomic mass is 79.9. The van der Waals surface area contributed by atoms with Crippen LogP contribution >= 0.6 is 50.7 Å². The second-order valence-electron chi connectivity index (χ2n) is 7.03. The summed E-state index contributed by atoms with van der Waals surface area (Å²) in [7, 11) is 0. The molecule has 2 nitrogen and oxygen atoms in total. The van der Waals surface area contributed by atoms with Crippen LogP contribution in [0.3, 0.4) is 0 Å². The average molecular weight is 560 g/mol. The van der Waals surface area contributed by atoms with Gasteiger partial charge in [-0.15, -0.1) is 0 Å². The number of rotatable bonds is 4. The Morgan fingerprint density at radius 3 is 2.16 bits per heavy atom. The summed E-state index contributed by atoms with van der Waals surface area (Å²) in [4.78, 5) is 14.2. The number of carbonyl (C=O) groups is 1. The van der Waals surface area contributed by atoms with Gasteiger partial charge < -0.3 is 4.90 Å². The third-order valence-corrected chi connectivity index (χ3v) is 6.75. The van der Waals surface area contributed by atoms with Gasteiger partial charge in [0.2, 0.25) is 0 Å². The minimum Gasteiger partial charge on any atom is -0.339 e. The third-order valence-electron chi connectivity index (χ3n) is 4.90. The highest BCUT2D eigenvalue weighted by molar-refractivity contribution is 9.10. The van der Waals surface area contributed by atoms with E-state index in [0.29, 0.717) is 29.2 Å². The number of hydrogen-bond donors (Lipinski definition) is 0. The Hall–Kier alpha value is -1.28. The van der Waals surface area contributed by atoms with Crippen molar-refractivity contribution in [2.45, 2.75) is 24.9 Å². The second-order valence-corrected chi connectivity index (χ2v) is 9.07. The fourth-order valence-corrected chi connectivity index (χ4v) is 4.47. The fourth-order valence-electron chi connectivity index (χ4n) is 3.30. The lowest BCUT2D eigenvalue weighted by molar-refractivity contribution is -0.139. The summed E-state index contributed by atoms with van der Waals surface area (Å²) in [5, 5.41) is -0.417. The van der Waals surface area contributed by atoms with Crippen molar-refractivity contribution in [1.82, 2.24) is 4.90 Å². The molecule has 0 radical (unpaired) electrons. The lowest BCUT2D eigenvalue weighted by atomic mass is 9.96. The van der Waals surface area contributed by atoms with Crippen LogP contribution in [0, 0.1) is 0 Å². The molecule has 10 heteroatoms. The van der Waals surface area contributed by atoms with Gasteiger partial charge in [-0.3, -0.25) is 4.79 Å². The molecule has 1 atom stereocenters. The summed E-state index contributed by atoms with van der Waals surface area (Å²) >= 11 is 20.7. The molecular weight excluding hydrogens is 544 g/mol. The fraction of sp³-hybridized carbons (Fsp3) is 0.286. The van der Waals surface area contributed by atoms with Crippen molar-refractivity contribution in [2.24, 2.45) is 0 Å². The molecule has 166 valence electrons. The summed E-state index contributed by atoms with van der Waals surface area (Å²) in [6, 6.07) is 5.96. The maximum Gasteiger partial charge on any atom is 0.399 e. The number of hydrogen-bond acceptors (Lipinski definition) is 1. The first-order valence-electron chi connectivity index (χ1n) is 9.16. The van der Waals surface area contributed by atoms with Gasteiger partial charge in [0, 0.05) is 23.1 Å². The van der Waals surface area contributed by atoms with E-state index in [1.165, 1.54) is 18.2 Å². The first kappa shape index (κ1) is 24.4. The molecule has 1 aliphatic rings. The van der Waals surface area contributed by atoms with Gasteiger partial charge in [-0.25, -0.2) is 4.39 Å². The molecule has 1 aliphatic heterocycles. The van der Waals surface area contributed by atoms with Crippen molar-refractivity contribution in [2.75, 3.05) is 13.1 Å². The third kappa shape index (κ3) is 5.56. The number of benzene rings is 2. The highest BCUT2D eigenvalue weighted by Crippen LogP contribution is 2.42. The predicted octanol–water partition coefficient (Wildman–Crippen LogP) is 8.30. The van der Waals surface area contributed by atoms with Crippen molar-refractivity contribution >= 4 is 62.5 Å². The maximum atomic E-state index is 14.8. The van der Waals surface area contributed by atoms with E-state index < -0.39 is 17.9 Å². The predicted molar refractivity (Wildman–Crippen MR) is 119 cm³/mol. The molecular formula is C21H15BrCl3F4NO. The number of alkyl halides is 3. The number of carbonyl (C=O) groups excluding carboxylic acids is 1. The van der Waals surface area contributed by atoms with Gasteiger partial charge in [-0.2, -0.15) is 13.2 Å². The zero-order chi connectivity index (χ0) is 22.9. The van der Waals surface area contributed by atoms with E-state index in [1.807, 2.05) is 0 Å². The highest BCUT2D eigenvalue weighted by Gasteiger charge is 2.40. The molecule has 3 rings (SSSR count). The lowest BCUT2D eigenvalue weighted by Crippen LogP contribution is -2.27. The molecule has 0 N–H and O–H groups in total. The van der Waals surface area contributed by atoms with Crippen LogP contribution in [0.5, 0.6) is 0 Å². The van der Waals surface area contributed by atoms with E-state index in [-0.39, 0.29) is 32.1 Å². The monoisotopic (exact) mass is 557 g/mol. The summed E-state index contributed by atoms with van der Waals surface area (Å²) in [6.45, 7) is 1.28. The van der Waals surface area contributed by atoms with Crippen LogP contribution in [-0.4, -0.2) is 30.1 Å². The summed E-state index contributed by atoms with van der Waals surface area (Å²) in [6.07, 6.45) is -2.53. The van der Waals surface area contributed by atoms with Crippen LogP contribution < -0.4 is 0 Å². The number of halogens is 8. The number of nitrogens with zero attached hydrogens (tertiary/aromatic N) is 1. The van der Waals surface area contributed by atoms with Gasteiger partial charge in [-0.1, -0.05) is 40.9 Å². The topological polar surface area (TPSA) is 20.3 Å². The van der Waals surface area contributed by atoms with Crippen LogP contribution in [0.4, 0.5) is 17.6 Å². The molecule has 0 aromatic heterocycles. The van der Waals surface area contributed by atoms with Crippen LogP contribution in [0.15, 0.2) is 40.9 Å². The molecule has 0 aliphatic carbocycles. The quantitative estimate of drug-likeness (QED) is 0.273. The van der Waals surface area contributed by atoms with E-state index in [4.69, 9.17) is 34.8 Å². The SMILES string of the molecule is O=C(c1ccc(/C(F)=C/C(c2cc(Cl)c(Cl)c(Cl)c2)C(F)(F)F)cc1Br)N1CCCC1. The van der Waals surface area contributed by atoms with Gasteiger partial charge in [0.1, 0.15) is 11.7 Å². The van der Waals surface area contributed by atoms with Gasteiger partial charge >= 0.3 is 6.18 Å². The van der Waals surface area contributed by atoms with Crippen LogP contribution in [0.2, 0.25) is 15.1 Å². The molecule has 0 spiro atoms. The lowest BCUT2D eigenvalue weighted by Gasteiger charge is -2.19. The molecule has 2 aromatic carbocycles. The Morgan fingerprint density at radius 2 is 1.65 bits per heavy atom. The Morgan fingerprint density at radius 1 is 1.06 bits per heavy atom. The molecule has 1 heterocycles. The first-order valence-corrected chi connectivity index (χ1v) is 11.1. The maximum absolute atomic E-state index is 14.8. The van der Waals surface area contributed by atoms with E-state index in [9.17, 15) is 22.4 Å². The Labute approximate surface area is 199 Å². The largest absolute Gasteiger partial charge is 0.399 e. The zero-order valence-corrected chi connectivity index (χ0v) is 19.6. The molecule has 1 amide bonds. The number of likely N-dealkylation sites (tertiary alicyclic amines) is 1. The van der Waals surface area contributed by atoms with Crippen LogP contribution in [-0.2, 0) is 0 Å². The van der Waals surface area contributed by atoms with Crippen molar-refractivity contribution in [3.63, 3.8) is 0 Å².